The van der Waals surface area contributed by atoms with Gasteiger partial charge < -0.3 is 14.7 Å². The first-order valence-electron chi connectivity index (χ1n) is 8.84. The number of aromatic nitrogens is 2. The van der Waals surface area contributed by atoms with Gasteiger partial charge in [-0.2, -0.15) is 0 Å². The first kappa shape index (κ1) is 17.5. The predicted octanol–water partition coefficient (Wildman–Crippen LogP) is 3.46. The second-order valence-corrected chi connectivity index (χ2v) is 7.15. The van der Waals surface area contributed by atoms with E-state index in [4.69, 9.17) is 4.74 Å². The smallest absolute Gasteiger partial charge is 0.354 e. The molecule has 0 unspecified atom stereocenters. The molecule has 1 aliphatic rings. The molecule has 1 amide bonds. The average Bonchev–Trinajstić information content (AvgIpc) is 3.20. The molecule has 4 rings (SSSR count). The van der Waals surface area contributed by atoms with E-state index < -0.39 is 5.97 Å². The van der Waals surface area contributed by atoms with E-state index >= 15 is 0 Å². The molecule has 27 heavy (non-hydrogen) atoms. The van der Waals surface area contributed by atoms with Gasteiger partial charge in [0.25, 0.3) is 5.91 Å². The number of carboxylic acid groups (broad SMARTS) is 1. The molecule has 0 atom stereocenters. The summed E-state index contributed by atoms with van der Waals surface area (Å²) < 4.78 is 7.22. The SMILES string of the molecule is CCCc1nc2scc(-c3ccc4c(c3)N(CC)C(=O)CO4)n2c1C(=O)O. The fourth-order valence-electron chi connectivity index (χ4n) is 3.44. The maximum Gasteiger partial charge on any atom is 0.354 e. The van der Waals surface area contributed by atoms with Crippen molar-refractivity contribution in [1.82, 2.24) is 9.38 Å². The maximum absolute atomic E-state index is 12.1. The zero-order chi connectivity index (χ0) is 19.1. The summed E-state index contributed by atoms with van der Waals surface area (Å²) in [5.41, 5.74) is 3.08. The molecule has 0 saturated heterocycles. The van der Waals surface area contributed by atoms with Crippen LogP contribution < -0.4 is 9.64 Å². The third kappa shape index (κ3) is 2.76. The Morgan fingerprint density at radius 2 is 2.19 bits per heavy atom. The number of carboxylic acids is 1. The zero-order valence-corrected chi connectivity index (χ0v) is 15.9. The van der Waals surface area contributed by atoms with Gasteiger partial charge in [0.2, 0.25) is 0 Å². The summed E-state index contributed by atoms with van der Waals surface area (Å²) in [4.78, 5) is 30.9. The van der Waals surface area contributed by atoms with E-state index in [1.165, 1.54) is 11.3 Å². The predicted molar refractivity (Wildman–Crippen MR) is 103 cm³/mol. The molecule has 8 heteroatoms. The molecule has 3 heterocycles. The van der Waals surface area contributed by atoms with E-state index in [9.17, 15) is 14.7 Å². The van der Waals surface area contributed by atoms with E-state index in [0.717, 1.165) is 17.7 Å². The number of ether oxygens (including phenoxy) is 1. The van der Waals surface area contributed by atoms with Gasteiger partial charge in [0, 0.05) is 17.5 Å². The number of carbonyl (C=O) groups excluding carboxylic acids is 1. The Balaban J connectivity index is 1.89. The van der Waals surface area contributed by atoms with Crippen molar-refractivity contribution in [2.45, 2.75) is 26.7 Å². The van der Waals surface area contributed by atoms with Crippen molar-refractivity contribution < 1.29 is 19.4 Å². The standard InChI is InChI=1S/C19H19N3O4S/c1-3-5-12-17(18(24)25)22-14(10-27-19(22)20-12)11-6-7-15-13(8-11)21(4-2)16(23)9-26-15/h6-8,10H,3-5,9H2,1-2H3,(H,24,25). The summed E-state index contributed by atoms with van der Waals surface area (Å²) in [5, 5.41) is 11.6. The number of hydrogen-bond acceptors (Lipinski definition) is 5. The molecule has 0 spiro atoms. The van der Waals surface area contributed by atoms with E-state index in [-0.39, 0.29) is 18.2 Å². The Bertz CT molecular complexity index is 1050. The van der Waals surface area contributed by atoms with Crippen molar-refractivity contribution in [3.63, 3.8) is 0 Å². The minimum absolute atomic E-state index is 0.0357. The molecule has 2 aromatic heterocycles. The number of thiazole rings is 1. The number of aromatic carboxylic acids is 1. The lowest BCUT2D eigenvalue weighted by molar-refractivity contribution is -0.121. The summed E-state index contributed by atoms with van der Waals surface area (Å²) in [7, 11) is 0. The number of carbonyl (C=O) groups is 2. The van der Waals surface area contributed by atoms with Crippen LogP contribution in [0, 0.1) is 0 Å². The van der Waals surface area contributed by atoms with Crippen LogP contribution in [0.3, 0.4) is 0 Å². The van der Waals surface area contributed by atoms with Crippen LogP contribution in [0.15, 0.2) is 23.6 Å². The van der Waals surface area contributed by atoms with Crippen LogP contribution in [0.2, 0.25) is 0 Å². The van der Waals surface area contributed by atoms with Crippen molar-refractivity contribution in [2.75, 3.05) is 18.1 Å². The van der Waals surface area contributed by atoms with Crippen LogP contribution in [0.25, 0.3) is 16.2 Å². The topological polar surface area (TPSA) is 84.1 Å². The van der Waals surface area contributed by atoms with Crippen molar-refractivity contribution >= 4 is 33.9 Å². The highest BCUT2D eigenvalue weighted by Crippen LogP contribution is 2.37. The largest absolute Gasteiger partial charge is 0.482 e. The Hall–Kier alpha value is -2.87. The van der Waals surface area contributed by atoms with Crippen molar-refractivity contribution in [2.24, 2.45) is 0 Å². The van der Waals surface area contributed by atoms with Crippen LogP contribution >= 0.6 is 11.3 Å². The van der Waals surface area contributed by atoms with Crippen LogP contribution in [-0.2, 0) is 11.2 Å². The minimum Gasteiger partial charge on any atom is -0.482 e. The van der Waals surface area contributed by atoms with E-state index in [1.54, 1.807) is 9.30 Å². The van der Waals surface area contributed by atoms with Gasteiger partial charge in [-0.25, -0.2) is 9.78 Å². The molecule has 1 aromatic carbocycles. The Morgan fingerprint density at radius 1 is 1.37 bits per heavy atom. The Morgan fingerprint density at radius 3 is 2.89 bits per heavy atom. The lowest BCUT2D eigenvalue weighted by Crippen LogP contribution is -2.38. The van der Waals surface area contributed by atoms with E-state index in [1.807, 2.05) is 37.4 Å². The Kier molecular flexibility index (Phi) is 4.35. The van der Waals surface area contributed by atoms with Gasteiger partial charge in [-0.05, 0) is 31.5 Å². The van der Waals surface area contributed by atoms with Gasteiger partial charge >= 0.3 is 5.97 Å². The minimum atomic E-state index is -0.989. The second-order valence-electron chi connectivity index (χ2n) is 6.31. The maximum atomic E-state index is 12.1. The number of likely N-dealkylation sites (N-methyl/N-ethyl adjacent to an activating group) is 1. The zero-order valence-electron chi connectivity index (χ0n) is 15.1. The molecule has 3 aromatic rings. The molecule has 0 radical (unpaired) electrons. The number of hydrogen-bond donors (Lipinski definition) is 1. The lowest BCUT2D eigenvalue weighted by atomic mass is 10.1. The van der Waals surface area contributed by atoms with Gasteiger partial charge in [-0.15, -0.1) is 11.3 Å². The quantitative estimate of drug-likeness (QED) is 0.727. The first-order valence-corrected chi connectivity index (χ1v) is 9.72. The fraction of sp³-hybridized carbons (Fsp3) is 0.316. The molecule has 1 aliphatic heterocycles. The number of rotatable bonds is 5. The fourth-order valence-corrected chi connectivity index (χ4v) is 4.36. The molecule has 7 nitrogen and oxygen atoms in total. The highest BCUT2D eigenvalue weighted by Gasteiger charge is 2.26. The molecule has 0 bridgehead atoms. The summed E-state index contributed by atoms with van der Waals surface area (Å²) in [6, 6.07) is 5.59. The molecule has 140 valence electrons. The molecular weight excluding hydrogens is 366 g/mol. The number of imidazole rings is 1. The molecule has 0 aliphatic carbocycles. The lowest BCUT2D eigenvalue weighted by Gasteiger charge is -2.28. The van der Waals surface area contributed by atoms with E-state index in [0.29, 0.717) is 35.1 Å². The number of amides is 1. The highest BCUT2D eigenvalue weighted by molar-refractivity contribution is 7.15. The van der Waals surface area contributed by atoms with Crippen LogP contribution in [0.4, 0.5) is 5.69 Å². The monoisotopic (exact) mass is 385 g/mol. The molecular formula is C19H19N3O4S. The summed E-state index contributed by atoms with van der Waals surface area (Å²) >= 11 is 1.41. The molecule has 0 fully saturated rings. The third-order valence-electron chi connectivity index (χ3n) is 4.64. The summed E-state index contributed by atoms with van der Waals surface area (Å²) in [5.74, 6) is -0.420. The van der Waals surface area contributed by atoms with Gasteiger partial charge in [0.05, 0.1) is 17.1 Å². The number of nitrogens with zero attached hydrogens (tertiary/aromatic N) is 3. The van der Waals surface area contributed by atoms with Gasteiger partial charge in [0.1, 0.15) is 5.75 Å². The molecule has 1 N–H and O–H groups in total. The van der Waals surface area contributed by atoms with Crippen molar-refractivity contribution in [3.8, 4) is 17.0 Å². The summed E-state index contributed by atoms with van der Waals surface area (Å²) in [6.45, 7) is 4.50. The van der Waals surface area contributed by atoms with Gasteiger partial charge in [0.15, 0.2) is 17.3 Å². The summed E-state index contributed by atoms with van der Waals surface area (Å²) in [6.07, 6.45) is 1.44. The Labute approximate surface area is 159 Å². The van der Waals surface area contributed by atoms with Gasteiger partial charge in [-0.3, -0.25) is 9.20 Å². The highest BCUT2D eigenvalue weighted by atomic mass is 32.1. The van der Waals surface area contributed by atoms with Gasteiger partial charge in [-0.1, -0.05) is 13.3 Å². The van der Waals surface area contributed by atoms with Crippen LogP contribution in [0.1, 0.15) is 36.5 Å². The van der Waals surface area contributed by atoms with E-state index in [2.05, 4.69) is 4.98 Å². The van der Waals surface area contributed by atoms with Crippen molar-refractivity contribution in [1.29, 1.82) is 0 Å². The average molecular weight is 385 g/mol. The third-order valence-corrected chi connectivity index (χ3v) is 5.46. The van der Waals surface area contributed by atoms with Crippen LogP contribution in [-0.4, -0.2) is 39.5 Å². The molecule has 0 saturated carbocycles. The number of fused-ring (bicyclic) bond motifs is 2. The van der Waals surface area contributed by atoms with Crippen LogP contribution in [0.5, 0.6) is 5.75 Å². The number of benzene rings is 1. The normalized spacial score (nSPS) is 13.7. The first-order chi connectivity index (χ1) is 13.0. The van der Waals surface area contributed by atoms with Crippen molar-refractivity contribution in [3.05, 3.63) is 35.0 Å². The number of aryl methyl sites for hydroxylation is 1. The second kappa shape index (κ2) is 6.70. The number of anilines is 1.